The highest BCUT2D eigenvalue weighted by Gasteiger charge is 2.29. The number of nitrogens with two attached hydrogens (primary N) is 1. The number of ether oxygens (including phenoxy) is 1. The van der Waals surface area contributed by atoms with Crippen LogP contribution < -0.4 is 15.8 Å². The van der Waals surface area contributed by atoms with Crippen LogP contribution in [0.4, 0.5) is 0 Å². The molecule has 1 aliphatic heterocycles. The number of nitrogens with one attached hydrogen (secondary N) is 1. The molecule has 1 aromatic rings. The van der Waals surface area contributed by atoms with Crippen molar-refractivity contribution in [3.8, 4) is 5.75 Å². The molecular formula is C13H19ClN2O. The van der Waals surface area contributed by atoms with Gasteiger partial charge in [-0.05, 0) is 31.0 Å². The summed E-state index contributed by atoms with van der Waals surface area (Å²) in [4.78, 5) is 0. The number of halogens is 1. The van der Waals surface area contributed by atoms with Crippen LogP contribution in [0.1, 0.15) is 22.7 Å². The van der Waals surface area contributed by atoms with Crippen LogP contribution in [0, 0.1) is 19.8 Å². The summed E-state index contributed by atoms with van der Waals surface area (Å²) in [6.45, 7) is 5.93. The van der Waals surface area contributed by atoms with Gasteiger partial charge in [0.15, 0.2) is 0 Å². The maximum atomic E-state index is 6.32. The molecule has 17 heavy (non-hydrogen) atoms. The number of rotatable bonds is 3. The molecule has 1 aliphatic rings. The Labute approximate surface area is 107 Å². The average Bonchev–Trinajstić information content (AvgIpc) is 2.22. The van der Waals surface area contributed by atoms with Crippen molar-refractivity contribution in [1.29, 1.82) is 0 Å². The van der Waals surface area contributed by atoms with Crippen molar-refractivity contribution in [2.24, 2.45) is 11.7 Å². The summed E-state index contributed by atoms with van der Waals surface area (Å²) in [6, 6.07) is 1.96. The average molecular weight is 255 g/mol. The van der Waals surface area contributed by atoms with Crippen LogP contribution in [0.3, 0.4) is 0 Å². The van der Waals surface area contributed by atoms with Gasteiger partial charge in [0.2, 0.25) is 0 Å². The normalized spacial score (nSPS) is 17.7. The Morgan fingerprint density at radius 2 is 2.12 bits per heavy atom. The van der Waals surface area contributed by atoms with E-state index in [4.69, 9.17) is 22.1 Å². The van der Waals surface area contributed by atoms with Crippen molar-refractivity contribution in [2.45, 2.75) is 19.9 Å². The first-order valence-corrected chi connectivity index (χ1v) is 6.24. The zero-order valence-corrected chi connectivity index (χ0v) is 11.3. The summed E-state index contributed by atoms with van der Waals surface area (Å²) in [7, 11) is 1.68. The Bertz CT molecular complexity index is 430. The van der Waals surface area contributed by atoms with E-state index in [1.807, 2.05) is 19.9 Å². The van der Waals surface area contributed by atoms with Gasteiger partial charge in [-0.3, -0.25) is 0 Å². The van der Waals surface area contributed by atoms with E-state index >= 15 is 0 Å². The molecule has 4 heteroatoms. The fourth-order valence-electron chi connectivity index (χ4n) is 2.32. The summed E-state index contributed by atoms with van der Waals surface area (Å²) >= 11 is 6.29. The lowest BCUT2D eigenvalue weighted by Gasteiger charge is -2.34. The van der Waals surface area contributed by atoms with Crippen LogP contribution in [-0.4, -0.2) is 20.2 Å². The largest absolute Gasteiger partial charge is 0.496 e. The topological polar surface area (TPSA) is 47.3 Å². The minimum atomic E-state index is -0.00991. The highest BCUT2D eigenvalue weighted by Crippen LogP contribution is 2.37. The highest BCUT2D eigenvalue weighted by atomic mass is 35.5. The number of hydrogen-bond acceptors (Lipinski definition) is 3. The Kier molecular flexibility index (Phi) is 3.61. The van der Waals surface area contributed by atoms with Crippen LogP contribution >= 0.6 is 11.6 Å². The van der Waals surface area contributed by atoms with E-state index in [1.54, 1.807) is 7.11 Å². The minimum Gasteiger partial charge on any atom is -0.496 e. The lowest BCUT2D eigenvalue weighted by molar-refractivity contribution is 0.287. The third kappa shape index (κ3) is 2.15. The molecule has 94 valence electrons. The predicted octanol–water partition coefficient (Wildman–Crippen LogP) is 2.18. The van der Waals surface area contributed by atoms with E-state index in [0.717, 1.165) is 40.6 Å². The van der Waals surface area contributed by atoms with Crippen molar-refractivity contribution in [2.75, 3.05) is 20.2 Å². The summed E-state index contributed by atoms with van der Waals surface area (Å²) in [5.74, 6) is 1.32. The molecule has 3 N–H and O–H groups in total. The molecule has 2 rings (SSSR count). The van der Waals surface area contributed by atoms with E-state index in [9.17, 15) is 0 Å². The van der Waals surface area contributed by atoms with Gasteiger partial charge in [-0.25, -0.2) is 0 Å². The SMILES string of the molecule is COc1cc(C)c(Cl)c(C)c1C(N)C1CNC1. The standard InChI is InChI=1S/C13H19ClN2O/c1-7-4-10(17-3)11(8(2)12(7)14)13(15)9-5-16-6-9/h4,9,13,16H,5-6,15H2,1-3H3. The second kappa shape index (κ2) is 4.84. The molecule has 3 nitrogen and oxygen atoms in total. The Balaban J connectivity index is 2.46. The van der Waals surface area contributed by atoms with Gasteiger partial charge in [0, 0.05) is 35.6 Å². The molecule has 0 spiro atoms. The van der Waals surface area contributed by atoms with Gasteiger partial charge in [-0.1, -0.05) is 11.6 Å². The predicted molar refractivity (Wildman–Crippen MR) is 70.8 cm³/mol. The first kappa shape index (κ1) is 12.7. The Morgan fingerprint density at radius 1 is 1.47 bits per heavy atom. The monoisotopic (exact) mass is 254 g/mol. The van der Waals surface area contributed by atoms with Gasteiger partial charge in [0.05, 0.1) is 7.11 Å². The van der Waals surface area contributed by atoms with E-state index in [2.05, 4.69) is 5.32 Å². The van der Waals surface area contributed by atoms with E-state index in [1.165, 1.54) is 0 Å². The summed E-state index contributed by atoms with van der Waals surface area (Å²) in [5, 5.41) is 4.04. The molecule has 1 fully saturated rings. The fraction of sp³-hybridized carbons (Fsp3) is 0.538. The van der Waals surface area contributed by atoms with E-state index in [0.29, 0.717) is 5.92 Å². The van der Waals surface area contributed by atoms with Crippen molar-refractivity contribution in [3.05, 3.63) is 27.8 Å². The van der Waals surface area contributed by atoms with Crippen molar-refractivity contribution >= 4 is 11.6 Å². The fourth-order valence-corrected chi connectivity index (χ4v) is 2.48. The first-order valence-electron chi connectivity index (χ1n) is 5.86. The molecule has 1 aromatic carbocycles. The number of benzene rings is 1. The lowest BCUT2D eigenvalue weighted by Crippen LogP contribution is -2.47. The molecule has 0 aliphatic carbocycles. The van der Waals surface area contributed by atoms with Crippen molar-refractivity contribution in [1.82, 2.24) is 5.32 Å². The molecule has 0 amide bonds. The molecule has 1 unspecified atom stereocenters. The molecule has 1 saturated heterocycles. The van der Waals surface area contributed by atoms with E-state index in [-0.39, 0.29) is 6.04 Å². The zero-order valence-electron chi connectivity index (χ0n) is 10.5. The summed E-state index contributed by atoms with van der Waals surface area (Å²) < 4.78 is 5.44. The molecule has 0 bridgehead atoms. The van der Waals surface area contributed by atoms with Crippen molar-refractivity contribution in [3.63, 3.8) is 0 Å². The lowest BCUT2D eigenvalue weighted by atomic mass is 9.86. The summed E-state index contributed by atoms with van der Waals surface area (Å²) in [5.41, 5.74) is 9.44. The minimum absolute atomic E-state index is 0.00991. The van der Waals surface area contributed by atoms with Crippen LogP contribution in [0.5, 0.6) is 5.75 Å². The molecule has 0 saturated carbocycles. The maximum absolute atomic E-state index is 6.32. The van der Waals surface area contributed by atoms with Crippen molar-refractivity contribution < 1.29 is 4.74 Å². The third-order valence-electron chi connectivity index (χ3n) is 3.57. The summed E-state index contributed by atoms with van der Waals surface area (Å²) in [6.07, 6.45) is 0. The van der Waals surface area contributed by atoms with Crippen LogP contribution in [-0.2, 0) is 0 Å². The number of methoxy groups -OCH3 is 1. The molecule has 0 aromatic heterocycles. The second-order valence-corrected chi connectivity index (χ2v) is 5.07. The van der Waals surface area contributed by atoms with Gasteiger partial charge >= 0.3 is 0 Å². The van der Waals surface area contributed by atoms with Gasteiger partial charge in [-0.2, -0.15) is 0 Å². The van der Waals surface area contributed by atoms with Gasteiger partial charge in [0.1, 0.15) is 5.75 Å². The quantitative estimate of drug-likeness (QED) is 0.869. The van der Waals surface area contributed by atoms with E-state index < -0.39 is 0 Å². The number of aryl methyl sites for hydroxylation is 1. The zero-order chi connectivity index (χ0) is 12.6. The molecule has 1 heterocycles. The molecule has 1 atom stereocenters. The highest BCUT2D eigenvalue weighted by molar-refractivity contribution is 6.32. The molecular weight excluding hydrogens is 236 g/mol. The maximum Gasteiger partial charge on any atom is 0.124 e. The molecule has 0 radical (unpaired) electrons. The Hall–Kier alpha value is -0.770. The first-order chi connectivity index (χ1) is 8.06. The Morgan fingerprint density at radius 3 is 2.59 bits per heavy atom. The smallest absolute Gasteiger partial charge is 0.124 e. The second-order valence-electron chi connectivity index (χ2n) is 4.69. The van der Waals surface area contributed by atoms with Crippen LogP contribution in [0.2, 0.25) is 5.02 Å². The van der Waals surface area contributed by atoms with Crippen LogP contribution in [0.25, 0.3) is 0 Å². The van der Waals surface area contributed by atoms with Gasteiger partial charge in [-0.15, -0.1) is 0 Å². The van der Waals surface area contributed by atoms with Gasteiger partial charge < -0.3 is 15.8 Å². The number of hydrogen-bond donors (Lipinski definition) is 2. The third-order valence-corrected chi connectivity index (χ3v) is 4.15. The van der Waals surface area contributed by atoms with Gasteiger partial charge in [0.25, 0.3) is 0 Å². The van der Waals surface area contributed by atoms with Crippen LogP contribution in [0.15, 0.2) is 6.07 Å².